The highest BCUT2D eigenvalue weighted by atomic mass is 79.9. The van der Waals surface area contributed by atoms with Gasteiger partial charge >= 0.3 is 0 Å². The van der Waals surface area contributed by atoms with Gasteiger partial charge in [0.2, 0.25) is 0 Å². The summed E-state index contributed by atoms with van der Waals surface area (Å²) < 4.78 is 3.94. The third kappa shape index (κ3) is 3.02. The minimum atomic E-state index is -0.0915. The van der Waals surface area contributed by atoms with Crippen LogP contribution in [0.4, 0.5) is 5.69 Å². The number of rotatable bonds is 3. The SMILES string of the molecule is Cn1ncc(N2CCC(Cn3cccn3)CC2)c(Br)c1=O. The smallest absolute Gasteiger partial charge is 0.282 e. The van der Waals surface area contributed by atoms with E-state index in [-0.39, 0.29) is 5.56 Å². The van der Waals surface area contributed by atoms with Crippen LogP contribution in [-0.2, 0) is 13.6 Å². The first kappa shape index (κ1) is 14.3. The molecule has 7 heteroatoms. The van der Waals surface area contributed by atoms with Crippen molar-refractivity contribution in [2.24, 2.45) is 13.0 Å². The molecule has 6 nitrogen and oxygen atoms in total. The van der Waals surface area contributed by atoms with Crippen LogP contribution in [0.2, 0.25) is 0 Å². The number of hydrogen-bond donors (Lipinski definition) is 0. The van der Waals surface area contributed by atoms with Crippen LogP contribution >= 0.6 is 15.9 Å². The van der Waals surface area contributed by atoms with Gasteiger partial charge in [-0.15, -0.1) is 0 Å². The summed E-state index contributed by atoms with van der Waals surface area (Å²) in [4.78, 5) is 14.2. The van der Waals surface area contributed by atoms with Crippen molar-refractivity contribution in [3.63, 3.8) is 0 Å². The number of anilines is 1. The van der Waals surface area contributed by atoms with Gasteiger partial charge in [0.15, 0.2) is 0 Å². The molecule has 21 heavy (non-hydrogen) atoms. The molecule has 0 bridgehead atoms. The fraction of sp³-hybridized carbons (Fsp3) is 0.500. The fourth-order valence-electron chi connectivity index (χ4n) is 2.75. The molecule has 1 aliphatic rings. The van der Waals surface area contributed by atoms with E-state index in [1.165, 1.54) is 4.68 Å². The summed E-state index contributed by atoms with van der Waals surface area (Å²) in [6, 6.07) is 1.96. The van der Waals surface area contributed by atoms with E-state index in [1.807, 2.05) is 23.1 Å². The van der Waals surface area contributed by atoms with Gasteiger partial charge in [0.25, 0.3) is 5.56 Å². The lowest BCUT2D eigenvalue weighted by molar-refractivity contribution is 0.342. The van der Waals surface area contributed by atoms with Crippen LogP contribution in [-0.4, -0.2) is 32.7 Å². The number of aryl methyl sites for hydroxylation is 1. The van der Waals surface area contributed by atoms with Crippen molar-refractivity contribution in [2.45, 2.75) is 19.4 Å². The molecule has 3 heterocycles. The molecule has 1 fully saturated rings. The highest BCUT2D eigenvalue weighted by Gasteiger charge is 2.22. The molecule has 0 radical (unpaired) electrons. The summed E-state index contributed by atoms with van der Waals surface area (Å²) in [5, 5.41) is 8.38. The van der Waals surface area contributed by atoms with Gasteiger partial charge in [-0.2, -0.15) is 10.2 Å². The number of aromatic nitrogens is 4. The maximum absolute atomic E-state index is 11.9. The first-order chi connectivity index (χ1) is 10.1. The van der Waals surface area contributed by atoms with Gasteiger partial charge in [0.1, 0.15) is 4.47 Å². The molecule has 0 unspecified atom stereocenters. The Balaban J connectivity index is 1.66. The normalized spacial score (nSPS) is 16.4. The Morgan fingerprint density at radius 2 is 2.10 bits per heavy atom. The predicted molar refractivity (Wildman–Crippen MR) is 84.3 cm³/mol. The van der Waals surface area contributed by atoms with E-state index in [0.717, 1.165) is 38.2 Å². The molecule has 0 saturated carbocycles. The van der Waals surface area contributed by atoms with Crippen LogP contribution in [0.25, 0.3) is 0 Å². The monoisotopic (exact) mass is 351 g/mol. The Labute approximate surface area is 131 Å². The second-order valence-corrected chi connectivity index (χ2v) is 6.22. The molecule has 0 atom stereocenters. The van der Waals surface area contributed by atoms with Crippen LogP contribution in [0.15, 0.2) is 33.9 Å². The van der Waals surface area contributed by atoms with Gasteiger partial charge in [-0.1, -0.05) is 0 Å². The highest BCUT2D eigenvalue weighted by Crippen LogP contribution is 2.27. The lowest BCUT2D eigenvalue weighted by Crippen LogP contribution is -2.36. The van der Waals surface area contributed by atoms with Crippen molar-refractivity contribution in [2.75, 3.05) is 18.0 Å². The molecule has 2 aromatic rings. The van der Waals surface area contributed by atoms with E-state index in [9.17, 15) is 4.79 Å². The first-order valence-electron chi connectivity index (χ1n) is 7.09. The summed E-state index contributed by atoms with van der Waals surface area (Å²) >= 11 is 3.40. The van der Waals surface area contributed by atoms with E-state index in [1.54, 1.807) is 13.2 Å². The molecule has 0 spiro atoms. The molecule has 112 valence electrons. The summed E-state index contributed by atoms with van der Waals surface area (Å²) in [6.45, 7) is 2.86. The van der Waals surface area contributed by atoms with Gasteiger partial charge < -0.3 is 4.90 Å². The van der Waals surface area contributed by atoms with E-state index in [2.05, 4.69) is 31.0 Å². The van der Waals surface area contributed by atoms with Crippen molar-refractivity contribution >= 4 is 21.6 Å². The topological polar surface area (TPSA) is 56.0 Å². The third-order valence-electron chi connectivity index (χ3n) is 4.02. The molecule has 1 saturated heterocycles. The van der Waals surface area contributed by atoms with Crippen molar-refractivity contribution in [1.29, 1.82) is 0 Å². The molecule has 0 amide bonds. The Kier molecular flexibility index (Phi) is 4.10. The highest BCUT2D eigenvalue weighted by molar-refractivity contribution is 9.10. The number of nitrogens with zero attached hydrogens (tertiary/aromatic N) is 5. The van der Waals surface area contributed by atoms with E-state index in [4.69, 9.17) is 0 Å². The Morgan fingerprint density at radius 1 is 1.33 bits per heavy atom. The standard InChI is InChI=1S/C14H18BrN5O/c1-18-14(21)13(15)12(9-17-18)19-7-3-11(4-8-19)10-20-6-2-5-16-20/h2,5-6,9,11H,3-4,7-8,10H2,1H3. The van der Waals surface area contributed by atoms with Crippen molar-refractivity contribution in [3.8, 4) is 0 Å². The molecule has 0 N–H and O–H groups in total. The van der Waals surface area contributed by atoms with Gasteiger partial charge in [0.05, 0.1) is 11.9 Å². The van der Waals surface area contributed by atoms with Gasteiger partial charge in [-0.3, -0.25) is 9.48 Å². The Bertz CT molecular complexity index is 658. The van der Waals surface area contributed by atoms with Crippen LogP contribution in [0.1, 0.15) is 12.8 Å². The van der Waals surface area contributed by atoms with Gasteiger partial charge in [-0.25, -0.2) is 4.68 Å². The van der Waals surface area contributed by atoms with Crippen molar-refractivity contribution in [1.82, 2.24) is 19.6 Å². The average Bonchev–Trinajstić information content (AvgIpc) is 2.99. The quantitative estimate of drug-likeness (QED) is 0.843. The number of halogens is 1. The van der Waals surface area contributed by atoms with Crippen LogP contribution in [0, 0.1) is 5.92 Å². The molecular formula is C14H18BrN5O. The zero-order valence-corrected chi connectivity index (χ0v) is 13.5. The summed E-state index contributed by atoms with van der Waals surface area (Å²) in [7, 11) is 1.66. The van der Waals surface area contributed by atoms with Crippen molar-refractivity contribution in [3.05, 3.63) is 39.5 Å². The molecular weight excluding hydrogens is 334 g/mol. The van der Waals surface area contributed by atoms with E-state index >= 15 is 0 Å². The van der Waals surface area contributed by atoms with Crippen LogP contribution < -0.4 is 10.5 Å². The fourth-order valence-corrected chi connectivity index (χ4v) is 3.36. The minimum absolute atomic E-state index is 0.0915. The molecule has 2 aromatic heterocycles. The Hall–Kier alpha value is -1.63. The summed E-state index contributed by atoms with van der Waals surface area (Å²) in [6.07, 6.45) is 7.79. The molecule has 3 rings (SSSR count). The molecule has 0 aliphatic carbocycles. The summed E-state index contributed by atoms with van der Waals surface area (Å²) in [5.41, 5.74) is 0.807. The van der Waals surface area contributed by atoms with Crippen LogP contribution in [0.5, 0.6) is 0 Å². The van der Waals surface area contributed by atoms with Gasteiger partial charge in [-0.05, 0) is 40.8 Å². The minimum Gasteiger partial charge on any atom is -0.369 e. The number of piperidine rings is 1. The average molecular weight is 352 g/mol. The van der Waals surface area contributed by atoms with E-state index in [0.29, 0.717) is 10.4 Å². The maximum atomic E-state index is 11.9. The zero-order valence-electron chi connectivity index (χ0n) is 11.9. The maximum Gasteiger partial charge on any atom is 0.282 e. The first-order valence-corrected chi connectivity index (χ1v) is 7.88. The van der Waals surface area contributed by atoms with Crippen molar-refractivity contribution < 1.29 is 0 Å². The lowest BCUT2D eigenvalue weighted by Gasteiger charge is -2.33. The predicted octanol–water partition coefficient (Wildman–Crippen LogP) is 1.66. The largest absolute Gasteiger partial charge is 0.369 e. The molecule has 0 aromatic carbocycles. The molecule has 1 aliphatic heterocycles. The third-order valence-corrected chi connectivity index (χ3v) is 4.76. The van der Waals surface area contributed by atoms with Gasteiger partial charge in [0, 0.05) is 39.1 Å². The van der Waals surface area contributed by atoms with E-state index < -0.39 is 0 Å². The lowest BCUT2D eigenvalue weighted by atomic mass is 9.96. The Morgan fingerprint density at radius 3 is 2.76 bits per heavy atom. The number of hydrogen-bond acceptors (Lipinski definition) is 4. The second kappa shape index (κ2) is 6.01. The summed E-state index contributed by atoms with van der Waals surface area (Å²) in [5.74, 6) is 0.638. The second-order valence-electron chi connectivity index (χ2n) is 5.43. The zero-order chi connectivity index (χ0) is 14.8. The van der Waals surface area contributed by atoms with Crippen LogP contribution in [0.3, 0.4) is 0 Å².